The number of allylic oxidation sites excluding steroid dienone is 5. The summed E-state index contributed by atoms with van der Waals surface area (Å²) in [6, 6.07) is 0. The van der Waals surface area contributed by atoms with Gasteiger partial charge in [0.1, 0.15) is 30.2 Å². The van der Waals surface area contributed by atoms with E-state index in [0.717, 1.165) is 11.1 Å². The molecule has 0 spiro atoms. The van der Waals surface area contributed by atoms with Crippen LogP contribution in [0.1, 0.15) is 80.6 Å². The normalized spacial score (nSPS) is 46.0. The smallest absolute Gasteiger partial charge is 0.229 e. The number of fused-ring (bicyclic) bond motifs is 5. The molecular formula is C35H52O11. The molecule has 0 aromatic rings. The van der Waals surface area contributed by atoms with E-state index in [9.17, 15) is 45.3 Å². The van der Waals surface area contributed by atoms with Crippen molar-refractivity contribution in [3.8, 4) is 0 Å². The summed E-state index contributed by atoms with van der Waals surface area (Å²) in [7, 11) is 0. The van der Waals surface area contributed by atoms with Crippen molar-refractivity contribution in [2.75, 3.05) is 6.61 Å². The van der Waals surface area contributed by atoms with Crippen LogP contribution in [0.5, 0.6) is 0 Å². The second-order valence-corrected chi connectivity index (χ2v) is 15.6. The number of Topliss-reactive ketones (excluding diaryl/α,β-unsaturated/α-hetero) is 2. The minimum absolute atomic E-state index is 0.0490. The summed E-state index contributed by atoms with van der Waals surface area (Å²) >= 11 is 0. The lowest BCUT2D eigenvalue weighted by molar-refractivity contribution is -0.291. The number of carbonyl (C=O) groups is 2. The molecule has 5 aliphatic rings. The summed E-state index contributed by atoms with van der Waals surface area (Å²) in [6.45, 7) is 12.4. The average molecular weight is 649 g/mol. The molecule has 0 aromatic carbocycles. The zero-order valence-electron chi connectivity index (χ0n) is 27.9. The summed E-state index contributed by atoms with van der Waals surface area (Å²) in [4.78, 5) is 28.2. The molecule has 0 aromatic heterocycles. The molecule has 3 unspecified atom stereocenters. The Balaban J connectivity index is 1.49. The maximum Gasteiger partial charge on any atom is 0.229 e. The van der Waals surface area contributed by atoms with E-state index in [1.807, 2.05) is 39.8 Å². The first-order valence-corrected chi connectivity index (χ1v) is 16.4. The van der Waals surface area contributed by atoms with Gasteiger partial charge in [0.2, 0.25) is 6.29 Å². The number of ketones is 2. The predicted octanol–water partition coefficient (Wildman–Crippen LogP) is 1.45. The number of aliphatic hydroxyl groups excluding tert-OH is 6. The fourth-order valence-electron chi connectivity index (χ4n) is 10.1. The van der Waals surface area contributed by atoms with E-state index < -0.39 is 89.0 Å². The molecule has 2 saturated carbocycles. The maximum absolute atomic E-state index is 14.5. The van der Waals surface area contributed by atoms with Gasteiger partial charge in [0.15, 0.2) is 11.5 Å². The Hall–Kier alpha value is -1.96. The summed E-state index contributed by atoms with van der Waals surface area (Å²) < 4.78 is 11.3. The van der Waals surface area contributed by atoms with Crippen LogP contribution in [-0.4, -0.2) is 102 Å². The molecule has 4 aliphatic carbocycles. The summed E-state index contributed by atoms with van der Waals surface area (Å²) in [5, 5.41) is 75.0. The van der Waals surface area contributed by atoms with E-state index in [4.69, 9.17) is 9.47 Å². The van der Waals surface area contributed by atoms with Crippen molar-refractivity contribution in [3.63, 3.8) is 0 Å². The van der Waals surface area contributed by atoms with Gasteiger partial charge in [0.05, 0.1) is 24.4 Å². The van der Waals surface area contributed by atoms with Crippen LogP contribution in [0.4, 0.5) is 0 Å². The highest BCUT2D eigenvalue weighted by Gasteiger charge is 2.74. The lowest BCUT2D eigenvalue weighted by Crippen LogP contribution is -2.64. The highest BCUT2D eigenvalue weighted by Crippen LogP contribution is 2.73. The molecule has 14 atom stereocenters. The van der Waals surface area contributed by atoms with Crippen molar-refractivity contribution in [2.24, 2.45) is 34.0 Å². The second-order valence-electron chi connectivity index (χ2n) is 15.6. The molecular weight excluding hydrogens is 596 g/mol. The Morgan fingerprint density at radius 3 is 2.37 bits per heavy atom. The third-order valence-electron chi connectivity index (χ3n) is 12.9. The van der Waals surface area contributed by atoms with Gasteiger partial charge in [-0.1, -0.05) is 38.5 Å². The Bertz CT molecular complexity index is 1340. The third kappa shape index (κ3) is 5.00. The third-order valence-corrected chi connectivity index (χ3v) is 12.9. The van der Waals surface area contributed by atoms with Gasteiger partial charge in [-0.25, -0.2) is 0 Å². The molecule has 258 valence electrons. The lowest BCUT2D eigenvalue weighted by Gasteiger charge is -2.63. The van der Waals surface area contributed by atoms with E-state index >= 15 is 0 Å². The van der Waals surface area contributed by atoms with Gasteiger partial charge in [-0.2, -0.15) is 0 Å². The topological polar surface area (TPSA) is 194 Å². The second kappa shape index (κ2) is 11.9. The minimum atomic E-state index is -1.68. The number of hydrogen-bond acceptors (Lipinski definition) is 11. The SMILES string of the molecule is CC(C)=CCC(O)[C@](C)(O)C1[C@H](O)C[C@@]2(C)[C@@H]3CC=C4C(C)=C(OC5O[C@H](CO)[C@@H](O)[C@H](O)[C@H]5O)C(=O)C[C@H]4[C@]3(C)C(=O)C[C@]12C. The molecule has 1 saturated heterocycles. The number of rotatable bonds is 7. The largest absolute Gasteiger partial charge is 0.458 e. The molecule has 0 amide bonds. The Kier molecular flexibility index (Phi) is 9.12. The molecule has 0 bridgehead atoms. The Morgan fingerprint density at radius 1 is 1.11 bits per heavy atom. The molecule has 5 rings (SSSR count). The van der Waals surface area contributed by atoms with Crippen LogP contribution in [-0.2, 0) is 19.1 Å². The number of hydrogen-bond donors (Lipinski definition) is 7. The maximum atomic E-state index is 14.5. The fourth-order valence-corrected chi connectivity index (χ4v) is 10.1. The first-order chi connectivity index (χ1) is 21.3. The van der Waals surface area contributed by atoms with E-state index in [1.165, 1.54) is 0 Å². The fraction of sp³-hybridized carbons (Fsp3) is 0.771. The van der Waals surface area contributed by atoms with Crippen molar-refractivity contribution >= 4 is 11.6 Å². The van der Waals surface area contributed by atoms with Crippen LogP contribution in [0.3, 0.4) is 0 Å². The van der Waals surface area contributed by atoms with Crippen LogP contribution in [0, 0.1) is 34.0 Å². The predicted molar refractivity (Wildman–Crippen MR) is 166 cm³/mol. The monoisotopic (exact) mass is 648 g/mol. The van der Waals surface area contributed by atoms with E-state index in [2.05, 4.69) is 6.92 Å². The van der Waals surface area contributed by atoms with Crippen LogP contribution in [0.25, 0.3) is 0 Å². The van der Waals surface area contributed by atoms with Crippen molar-refractivity contribution < 1.29 is 54.8 Å². The zero-order chi connectivity index (χ0) is 34.3. The standard InChI is InChI=1S/C35H52O11/c1-16(2)8-11-24(39)35(7,44)30-21(38)13-32(4)23-10-9-18-17(3)29(46-31-28(43)27(42)26(41)22(15-36)45-31)20(37)12-19(18)34(23,6)25(40)14-33(30,32)5/h8-9,19,21-24,26-28,30-31,36,38-39,41-44H,10-15H2,1-7H3/t19-,21-,22-,23+,24?,26-,27+,28-,30?,31?,32+,33-,34+,35+/m1/s1. The van der Waals surface area contributed by atoms with Crippen LogP contribution in [0.15, 0.2) is 34.6 Å². The van der Waals surface area contributed by atoms with Gasteiger partial charge in [0.25, 0.3) is 0 Å². The summed E-state index contributed by atoms with van der Waals surface area (Å²) in [5.74, 6) is -2.03. The van der Waals surface area contributed by atoms with E-state index in [-0.39, 0.29) is 36.7 Å². The molecule has 0 radical (unpaired) electrons. The molecule has 3 fully saturated rings. The Labute approximate surface area is 270 Å². The van der Waals surface area contributed by atoms with Gasteiger partial charge < -0.3 is 45.2 Å². The van der Waals surface area contributed by atoms with Crippen molar-refractivity contribution in [2.45, 2.75) is 129 Å². The van der Waals surface area contributed by atoms with E-state index in [1.54, 1.807) is 13.8 Å². The average Bonchev–Trinajstić information content (AvgIpc) is 3.18. The molecule has 1 aliphatic heterocycles. The molecule has 11 heteroatoms. The summed E-state index contributed by atoms with van der Waals surface area (Å²) in [5.41, 5.74) is -1.83. The van der Waals surface area contributed by atoms with Gasteiger partial charge in [-0.15, -0.1) is 0 Å². The quantitative estimate of drug-likeness (QED) is 0.198. The first-order valence-electron chi connectivity index (χ1n) is 16.4. The van der Waals surface area contributed by atoms with Crippen LogP contribution >= 0.6 is 0 Å². The lowest BCUT2D eigenvalue weighted by atomic mass is 9.39. The van der Waals surface area contributed by atoms with Crippen molar-refractivity contribution in [3.05, 3.63) is 34.6 Å². The highest BCUT2D eigenvalue weighted by molar-refractivity contribution is 5.99. The van der Waals surface area contributed by atoms with Gasteiger partial charge in [0, 0.05) is 30.1 Å². The molecule has 1 heterocycles. The van der Waals surface area contributed by atoms with Crippen LogP contribution < -0.4 is 0 Å². The van der Waals surface area contributed by atoms with Crippen molar-refractivity contribution in [1.82, 2.24) is 0 Å². The minimum Gasteiger partial charge on any atom is -0.458 e. The van der Waals surface area contributed by atoms with Crippen molar-refractivity contribution in [1.29, 1.82) is 0 Å². The molecule has 46 heavy (non-hydrogen) atoms. The Morgan fingerprint density at radius 2 is 1.76 bits per heavy atom. The van der Waals surface area contributed by atoms with Gasteiger partial charge in [-0.3, -0.25) is 9.59 Å². The van der Waals surface area contributed by atoms with Gasteiger partial charge in [-0.05, 0) is 74.9 Å². The zero-order valence-corrected chi connectivity index (χ0v) is 27.9. The number of ether oxygens (including phenoxy) is 2. The summed E-state index contributed by atoms with van der Waals surface area (Å²) in [6.07, 6.45) is -4.81. The number of aliphatic hydroxyl groups is 7. The van der Waals surface area contributed by atoms with E-state index in [0.29, 0.717) is 18.4 Å². The molecule has 7 N–H and O–H groups in total. The van der Waals surface area contributed by atoms with Gasteiger partial charge >= 0.3 is 0 Å². The first kappa shape index (κ1) is 35.3. The van der Waals surface area contributed by atoms with Crippen LogP contribution in [0.2, 0.25) is 0 Å². The number of carbonyl (C=O) groups excluding carboxylic acids is 2. The highest BCUT2D eigenvalue weighted by atomic mass is 16.7. The molecule has 11 nitrogen and oxygen atoms in total.